The van der Waals surface area contributed by atoms with Crippen molar-refractivity contribution >= 4 is 17.3 Å². The second kappa shape index (κ2) is 6.80. The summed E-state index contributed by atoms with van der Waals surface area (Å²) in [5.41, 5.74) is 1.72. The number of hydrogen-bond donors (Lipinski definition) is 1. The normalized spacial score (nSPS) is 15.7. The highest BCUT2D eigenvalue weighted by molar-refractivity contribution is 6.00. The van der Waals surface area contributed by atoms with Crippen molar-refractivity contribution < 1.29 is 14.5 Å². The molecule has 0 unspecified atom stereocenters. The molecule has 1 amide bonds. The number of fused-ring (bicyclic) bond motifs is 1. The van der Waals surface area contributed by atoms with Gasteiger partial charge in [0.15, 0.2) is 0 Å². The van der Waals surface area contributed by atoms with Crippen LogP contribution in [-0.4, -0.2) is 31.5 Å². The Morgan fingerprint density at radius 3 is 2.76 bits per heavy atom. The second-order valence-corrected chi connectivity index (χ2v) is 6.05. The summed E-state index contributed by atoms with van der Waals surface area (Å²) in [6.07, 6.45) is 0.648. The van der Waals surface area contributed by atoms with E-state index in [1.807, 2.05) is 24.3 Å². The minimum atomic E-state index is -0.500. The van der Waals surface area contributed by atoms with Crippen LogP contribution < -0.4 is 15.0 Å². The highest BCUT2D eigenvalue weighted by Gasteiger charge is 2.25. The van der Waals surface area contributed by atoms with Gasteiger partial charge in [-0.25, -0.2) is 0 Å². The van der Waals surface area contributed by atoms with Gasteiger partial charge in [-0.15, -0.1) is 0 Å². The van der Waals surface area contributed by atoms with E-state index in [9.17, 15) is 14.9 Å². The number of nitrogens with zero attached hydrogens (tertiary/aromatic N) is 2. The lowest BCUT2D eigenvalue weighted by atomic mass is 10.00. The SMILES string of the molecule is CN(C)c1ccc([N+](=O)[O-])cc1C(=O)N[C@@H]1CCOc2ccccc21. The molecule has 1 aliphatic heterocycles. The van der Waals surface area contributed by atoms with Gasteiger partial charge in [0.25, 0.3) is 11.6 Å². The Bertz CT molecular complexity index is 820. The van der Waals surface area contributed by atoms with Crippen LogP contribution in [-0.2, 0) is 0 Å². The molecule has 0 spiro atoms. The van der Waals surface area contributed by atoms with Gasteiger partial charge in [0.1, 0.15) is 5.75 Å². The van der Waals surface area contributed by atoms with E-state index < -0.39 is 4.92 Å². The Kier molecular flexibility index (Phi) is 4.56. The first kappa shape index (κ1) is 16.8. The third-order valence-electron chi connectivity index (χ3n) is 4.18. The lowest BCUT2D eigenvalue weighted by Crippen LogP contribution is -2.33. The number of ether oxygens (including phenoxy) is 1. The number of amides is 1. The van der Waals surface area contributed by atoms with E-state index in [2.05, 4.69) is 5.32 Å². The molecule has 2 aromatic rings. The summed E-state index contributed by atoms with van der Waals surface area (Å²) in [6, 6.07) is 11.7. The zero-order chi connectivity index (χ0) is 18.0. The second-order valence-electron chi connectivity index (χ2n) is 6.05. The topological polar surface area (TPSA) is 84.7 Å². The Balaban J connectivity index is 1.91. The van der Waals surface area contributed by atoms with Gasteiger partial charge in [0.2, 0.25) is 0 Å². The number of nitrogens with one attached hydrogen (secondary N) is 1. The summed E-state index contributed by atoms with van der Waals surface area (Å²) in [6.45, 7) is 0.511. The third kappa shape index (κ3) is 3.40. The largest absolute Gasteiger partial charge is 0.493 e. The van der Waals surface area contributed by atoms with Gasteiger partial charge in [-0.05, 0) is 12.1 Å². The van der Waals surface area contributed by atoms with Crippen LogP contribution in [0.25, 0.3) is 0 Å². The molecule has 130 valence electrons. The monoisotopic (exact) mass is 341 g/mol. The number of para-hydroxylation sites is 1. The fourth-order valence-corrected chi connectivity index (χ4v) is 2.94. The molecule has 7 nitrogen and oxygen atoms in total. The Morgan fingerprint density at radius 1 is 1.28 bits per heavy atom. The summed E-state index contributed by atoms with van der Waals surface area (Å²) in [4.78, 5) is 25.1. The van der Waals surface area contributed by atoms with Crippen LogP contribution in [0.15, 0.2) is 42.5 Å². The van der Waals surface area contributed by atoms with Crippen molar-refractivity contribution in [2.45, 2.75) is 12.5 Å². The number of nitro groups is 1. The van der Waals surface area contributed by atoms with Crippen molar-refractivity contribution in [1.29, 1.82) is 0 Å². The van der Waals surface area contributed by atoms with Gasteiger partial charge < -0.3 is 15.0 Å². The van der Waals surface area contributed by atoms with Gasteiger partial charge in [0, 0.05) is 43.9 Å². The van der Waals surface area contributed by atoms with Crippen molar-refractivity contribution in [3.05, 3.63) is 63.7 Å². The molecule has 0 aliphatic carbocycles. The third-order valence-corrected chi connectivity index (χ3v) is 4.18. The fourth-order valence-electron chi connectivity index (χ4n) is 2.94. The quantitative estimate of drug-likeness (QED) is 0.683. The molecule has 0 fully saturated rings. The predicted octanol–water partition coefficient (Wildman–Crippen LogP) is 2.91. The zero-order valence-corrected chi connectivity index (χ0v) is 14.1. The summed E-state index contributed by atoms with van der Waals surface area (Å²) in [5.74, 6) is 0.417. The molecule has 1 heterocycles. The van der Waals surface area contributed by atoms with Gasteiger partial charge in [-0.2, -0.15) is 0 Å². The van der Waals surface area contributed by atoms with E-state index >= 15 is 0 Å². The minimum Gasteiger partial charge on any atom is -0.493 e. The molecule has 0 radical (unpaired) electrons. The molecule has 3 rings (SSSR count). The summed E-state index contributed by atoms with van der Waals surface area (Å²) in [7, 11) is 3.59. The average Bonchev–Trinajstić information content (AvgIpc) is 2.61. The van der Waals surface area contributed by atoms with Gasteiger partial charge >= 0.3 is 0 Å². The van der Waals surface area contributed by atoms with Crippen LogP contribution in [0.3, 0.4) is 0 Å². The van der Waals surface area contributed by atoms with Crippen molar-refractivity contribution in [2.24, 2.45) is 0 Å². The Morgan fingerprint density at radius 2 is 2.04 bits per heavy atom. The highest BCUT2D eigenvalue weighted by atomic mass is 16.6. The van der Waals surface area contributed by atoms with E-state index in [1.54, 1.807) is 25.1 Å². The Labute approximate surface area is 145 Å². The average molecular weight is 341 g/mol. The van der Waals surface area contributed by atoms with E-state index in [0.29, 0.717) is 18.7 Å². The van der Waals surface area contributed by atoms with Crippen LogP contribution in [0, 0.1) is 10.1 Å². The molecule has 0 saturated carbocycles. The van der Waals surface area contributed by atoms with Crippen LogP contribution in [0.1, 0.15) is 28.4 Å². The van der Waals surface area contributed by atoms with Gasteiger partial charge in [0.05, 0.1) is 23.1 Å². The Hall–Kier alpha value is -3.09. The number of hydrogen-bond acceptors (Lipinski definition) is 5. The van der Waals surface area contributed by atoms with Crippen LogP contribution in [0.5, 0.6) is 5.75 Å². The number of non-ortho nitro benzene ring substituents is 1. The molecule has 0 saturated heterocycles. The maximum atomic E-state index is 12.8. The lowest BCUT2D eigenvalue weighted by Gasteiger charge is -2.27. The van der Waals surface area contributed by atoms with Crippen molar-refractivity contribution in [1.82, 2.24) is 5.32 Å². The van der Waals surface area contributed by atoms with Gasteiger partial charge in [-0.3, -0.25) is 14.9 Å². The van der Waals surface area contributed by atoms with E-state index in [1.165, 1.54) is 12.1 Å². The maximum absolute atomic E-state index is 12.8. The van der Waals surface area contributed by atoms with Crippen LogP contribution >= 0.6 is 0 Å². The molecule has 25 heavy (non-hydrogen) atoms. The molecule has 0 bridgehead atoms. The molecule has 1 N–H and O–H groups in total. The fraction of sp³-hybridized carbons (Fsp3) is 0.278. The first-order valence-electron chi connectivity index (χ1n) is 7.95. The predicted molar refractivity (Wildman–Crippen MR) is 94.2 cm³/mol. The summed E-state index contributed by atoms with van der Waals surface area (Å²) >= 11 is 0. The number of carbonyl (C=O) groups excluding carboxylic acids is 1. The summed E-state index contributed by atoms with van der Waals surface area (Å²) in [5, 5.41) is 14.0. The summed E-state index contributed by atoms with van der Waals surface area (Å²) < 4.78 is 5.60. The van der Waals surface area contributed by atoms with Crippen LogP contribution in [0.2, 0.25) is 0 Å². The van der Waals surface area contributed by atoms with Crippen molar-refractivity contribution in [2.75, 3.05) is 25.6 Å². The first-order valence-corrected chi connectivity index (χ1v) is 7.95. The molecule has 7 heteroatoms. The molecule has 1 atom stereocenters. The first-order chi connectivity index (χ1) is 12.0. The number of carbonyl (C=O) groups is 1. The number of nitro benzene ring substituents is 1. The van der Waals surface area contributed by atoms with Crippen LogP contribution in [0.4, 0.5) is 11.4 Å². The zero-order valence-electron chi connectivity index (χ0n) is 14.1. The molecule has 2 aromatic carbocycles. The van der Waals surface area contributed by atoms with E-state index in [0.717, 1.165) is 11.3 Å². The number of benzene rings is 2. The maximum Gasteiger partial charge on any atom is 0.270 e. The number of anilines is 1. The molecule has 0 aromatic heterocycles. The molecular formula is C18H19N3O4. The smallest absolute Gasteiger partial charge is 0.270 e. The standard InChI is InChI=1S/C18H19N3O4/c1-20(2)16-8-7-12(21(23)24)11-14(16)18(22)19-15-9-10-25-17-6-4-3-5-13(15)17/h3-8,11,15H,9-10H2,1-2H3,(H,19,22)/t15-/m1/s1. The van der Waals surface area contributed by atoms with Crippen molar-refractivity contribution in [3.8, 4) is 5.75 Å². The lowest BCUT2D eigenvalue weighted by molar-refractivity contribution is -0.384. The van der Waals surface area contributed by atoms with E-state index in [-0.39, 0.29) is 23.2 Å². The highest BCUT2D eigenvalue weighted by Crippen LogP contribution is 2.32. The van der Waals surface area contributed by atoms with Gasteiger partial charge in [-0.1, -0.05) is 18.2 Å². The van der Waals surface area contributed by atoms with Crippen molar-refractivity contribution in [3.63, 3.8) is 0 Å². The molecule has 1 aliphatic rings. The minimum absolute atomic E-state index is 0.108. The number of rotatable bonds is 4. The van der Waals surface area contributed by atoms with E-state index in [4.69, 9.17) is 4.74 Å². The molecular weight excluding hydrogens is 322 g/mol.